The van der Waals surface area contributed by atoms with Crippen LogP contribution in [0, 0.1) is 19.8 Å². The van der Waals surface area contributed by atoms with Gasteiger partial charge in [0.05, 0.1) is 11.8 Å². The van der Waals surface area contributed by atoms with Gasteiger partial charge in [-0.05, 0) is 50.3 Å². The van der Waals surface area contributed by atoms with E-state index in [1.165, 1.54) is 12.5 Å². The second-order valence-corrected chi connectivity index (χ2v) is 6.78. The fourth-order valence-corrected chi connectivity index (χ4v) is 3.22. The third-order valence-corrected chi connectivity index (χ3v) is 4.86. The molecule has 0 aliphatic carbocycles. The fourth-order valence-electron chi connectivity index (χ4n) is 3.22. The topological polar surface area (TPSA) is 62.6 Å². The van der Waals surface area contributed by atoms with Crippen molar-refractivity contribution in [3.8, 4) is 0 Å². The SMILES string of the molecule is Cc1ccc(C)c(C(=O)NCC2CCN(C(=O)c3ccoc3)CC2)c1. The summed E-state index contributed by atoms with van der Waals surface area (Å²) < 4.78 is 4.98. The molecule has 3 rings (SSSR count). The Labute approximate surface area is 148 Å². The summed E-state index contributed by atoms with van der Waals surface area (Å²) in [6, 6.07) is 7.61. The third kappa shape index (κ3) is 4.10. The number of hydrogen-bond acceptors (Lipinski definition) is 3. The van der Waals surface area contributed by atoms with Gasteiger partial charge < -0.3 is 14.6 Å². The summed E-state index contributed by atoms with van der Waals surface area (Å²) in [6.07, 6.45) is 4.80. The van der Waals surface area contributed by atoms with E-state index < -0.39 is 0 Å². The molecule has 5 heteroatoms. The summed E-state index contributed by atoms with van der Waals surface area (Å²) >= 11 is 0. The van der Waals surface area contributed by atoms with Crippen molar-refractivity contribution in [1.29, 1.82) is 0 Å². The lowest BCUT2D eigenvalue weighted by atomic mass is 9.96. The molecule has 2 heterocycles. The molecule has 1 N–H and O–H groups in total. The Morgan fingerprint density at radius 2 is 1.96 bits per heavy atom. The van der Waals surface area contributed by atoms with Crippen LogP contribution >= 0.6 is 0 Å². The normalized spacial score (nSPS) is 15.2. The molecule has 1 aromatic heterocycles. The number of piperidine rings is 1. The van der Waals surface area contributed by atoms with E-state index >= 15 is 0 Å². The Morgan fingerprint density at radius 3 is 2.64 bits per heavy atom. The van der Waals surface area contributed by atoms with Gasteiger partial charge in [-0.3, -0.25) is 9.59 Å². The summed E-state index contributed by atoms with van der Waals surface area (Å²) in [5.74, 6) is 0.409. The van der Waals surface area contributed by atoms with E-state index in [0.717, 1.165) is 29.5 Å². The molecule has 1 aromatic carbocycles. The Bertz CT molecular complexity index is 744. The van der Waals surface area contributed by atoms with Crippen LogP contribution in [0.2, 0.25) is 0 Å². The lowest BCUT2D eigenvalue weighted by molar-refractivity contribution is 0.0683. The van der Waals surface area contributed by atoms with Crippen LogP contribution in [-0.4, -0.2) is 36.3 Å². The summed E-state index contributed by atoms with van der Waals surface area (Å²) in [7, 11) is 0. The van der Waals surface area contributed by atoms with Crippen molar-refractivity contribution in [2.24, 2.45) is 5.92 Å². The molecule has 132 valence electrons. The molecule has 5 nitrogen and oxygen atoms in total. The fraction of sp³-hybridized carbons (Fsp3) is 0.400. The van der Waals surface area contributed by atoms with E-state index in [9.17, 15) is 9.59 Å². The maximum atomic E-state index is 12.4. The van der Waals surface area contributed by atoms with Gasteiger partial charge in [0.1, 0.15) is 6.26 Å². The molecule has 0 unspecified atom stereocenters. The van der Waals surface area contributed by atoms with Crippen molar-refractivity contribution in [1.82, 2.24) is 10.2 Å². The summed E-state index contributed by atoms with van der Waals surface area (Å²) in [5.41, 5.74) is 3.42. The highest BCUT2D eigenvalue weighted by atomic mass is 16.3. The van der Waals surface area contributed by atoms with Gasteiger partial charge in [-0.2, -0.15) is 0 Å². The molecule has 2 amide bonds. The Kier molecular flexibility index (Phi) is 5.22. The average molecular weight is 340 g/mol. The number of rotatable bonds is 4. The zero-order valence-electron chi connectivity index (χ0n) is 14.7. The number of benzene rings is 1. The molecule has 1 saturated heterocycles. The highest BCUT2D eigenvalue weighted by Crippen LogP contribution is 2.19. The van der Waals surface area contributed by atoms with Crippen LogP contribution in [0.25, 0.3) is 0 Å². The van der Waals surface area contributed by atoms with Crippen molar-refractivity contribution in [3.63, 3.8) is 0 Å². The van der Waals surface area contributed by atoms with Crippen LogP contribution in [0.5, 0.6) is 0 Å². The molecule has 1 fully saturated rings. The van der Waals surface area contributed by atoms with Crippen molar-refractivity contribution in [3.05, 3.63) is 59.0 Å². The molecule has 0 atom stereocenters. The van der Waals surface area contributed by atoms with Gasteiger partial charge in [0.15, 0.2) is 0 Å². The van der Waals surface area contributed by atoms with Gasteiger partial charge in [0, 0.05) is 25.2 Å². The van der Waals surface area contributed by atoms with Crippen molar-refractivity contribution in [2.45, 2.75) is 26.7 Å². The monoisotopic (exact) mass is 340 g/mol. The zero-order valence-corrected chi connectivity index (χ0v) is 14.7. The number of amides is 2. The van der Waals surface area contributed by atoms with E-state index in [1.807, 2.05) is 36.9 Å². The summed E-state index contributed by atoms with van der Waals surface area (Å²) in [6.45, 7) is 6.03. The minimum Gasteiger partial charge on any atom is -0.472 e. The number of hydrogen-bond donors (Lipinski definition) is 1. The van der Waals surface area contributed by atoms with E-state index in [4.69, 9.17) is 4.42 Å². The van der Waals surface area contributed by atoms with Gasteiger partial charge in [-0.25, -0.2) is 0 Å². The average Bonchev–Trinajstić information content (AvgIpc) is 3.16. The number of likely N-dealkylation sites (tertiary alicyclic amines) is 1. The highest BCUT2D eigenvalue weighted by Gasteiger charge is 2.24. The maximum Gasteiger partial charge on any atom is 0.257 e. The first-order valence-electron chi connectivity index (χ1n) is 8.71. The van der Waals surface area contributed by atoms with Gasteiger partial charge in [0.2, 0.25) is 0 Å². The quantitative estimate of drug-likeness (QED) is 0.930. The lowest BCUT2D eigenvalue weighted by Crippen LogP contribution is -2.41. The number of nitrogens with one attached hydrogen (secondary N) is 1. The van der Waals surface area contributed by atoms with Crippen LogP contribution in [0.1, 0.15) is 44.7 Å². The third-order valence-electron chi connectivity index (χ3n) is 4.86. The molecular formula is C20H24N2O3. The molecule has 1 aliphatic rings. The number of carbonyl (C=O) groups excluding carboxylic acids is 2. The van der Waals surface area contributed by atoms with Crippen LogP contribution < -0.4 is 5.32 Å². The first-order valence-corrected chi connectivity index (χ1v) is 8.71. The molecule has 2 aromatic rings. The second kappa shape index (κ2) is 7.55. The molecule has 25 heavy (non-hydrogen) atoms. The highest BCUT2D eigenvalue weighted by molar-refractivity contribution is 5.96. The minimum atomic E-state index is -0.0156. The Morgan fingerprint density at radius 1 is 1.20 bits per heavy atom. The first-order chi connectivity index (χ1) is 12.0. The zero-order chi connectivity index (χ0) is 17.8. The number of carbonyl (C=O) groups is 2. The number of furan rings is 1. The lowest BCUT2D eigenvalue weighted by Gasteiger charge is -2.31. The molecule has 0 bridgehead atoms. The van der Waals surface area contributed by atoms with Crippen LogP contribution in [0.15, 0.2) is 41.2 Å². The predicted molar refractivity (Wildman–Crippen MR) is 95.6 cm³/mol. The first kappa shape index (κ1) is 17.3. The van der Waals surface area contributed by atoms with Crippen LogP contribution in [0.4, 0.5) is 0 Å². The standard InChI is InChI=1S/C20H24N2O3/c1-14-3-4-15(2)18(11-14)19(23)21-12-16-5-8-22(9-6-16)20(24)17-7-10-25-13-17/h3-4,7,10-11,13,16H,5-6,8-9,12H2,1-2H3,(H,21,23). The molecule has 1 aliphatic heterocycles. The van der Waals surface area contributed by atoms with Crippen molar-refractivity contribution in [2.75, 3.05) is 19.6 Å². The Hall–Kier alpha value is -2.56. The van der Waals surface area contributed by atoms with Gasteiger partial charge in [0.25, 0.3) is 11.8 Å². The van der Waals surface area contributed by atoms with Gasteiger partial charge >= 0.3 is 0 Å². The van der Waals surface area contributed by atoms with E-state index in [1.54, 1.807) is 6.07 Å². The Balaban J connectivity index is 1.48. The second-order valence-electron chi connectivity index (χ2n) is 6.78. The largest absolute Gasteiger partial charge is 0.472 e. The summed E-state index contributed by atoms with van der Waals surface area (Å²) in [4.78, 5) is 26.5. The van der Waals surface area contributed by atoms with Crippen LogP contribution in [-0.2, 0) is 0 Å². The summed E-state index contributed by atoms with van der Waals surface area (Å²) in [5, 5.41) is 3.05. The smallest absolute Gasteiger partial charge is 0.257 e. The van der Waals surface area contributed by atoms with E-state index in [2.05, 4.69) is 5.32 Å². The van der Waals surface area contributed by atoms with E-state index in [-0.39, 0.29) is 11.8 Å². The molecule has 0 spiro atoms. The van der Waals surface area contributed by atoms with Crippen molar-refractivity contribution >= 4 is 11.8 Å². The van der Waals surface area contributed by atoms with E-state index in [0.29, 0.717) is 31.1 Å². The molecule has 0 saturated carbocycles. The van der Waals surface area contributed by atoms with Gasteiger partial charge in [-0.1, -0.05) is 17.7 Å². The minimum absolute atomic E-state index is 0.0156. The van der Waals surface area contributed by atoms with Crippen molar-refractivity contribution < 1.29 is 14.0 Å². The number of nitrogens with zero attached hydrogens (tertiary/aromatic N) is 1. The van der Waals surface area contributed by atoms with Crippen LogP contribution in [0.3, 0.4) is 0 Å². The molecule has 0 radical (unpaired) electrons. The maximum absolute atomic E-state index is 12.4. The number of aryl methyl sites for hydroxylation is 2. The molecular weight excluding hydrogens is 316 g/mol. The predicted octanol–water partition coefficient (Wildman–Crippen LogP) is 3.18. The van der Waals surface area contributed by atoms with Gasteiger partial charge in [-0.15, -0.1) is 0 Å².